The Labute approximate surface area is 136 Å². The number of nitrogens with zero attached hydrogens (tertiary/aromatic N) is 5. The van der Waals surface area contributed by atoms with E-state index in [0.29, 0.717) is 12.5 Å². The van der Waals surface area contributed by atoms with E-state index in [9.17, 15) is 9.59 Å². The lowest BCUT2D eigenvalue weighted by Crippen LogP contribution is -2.29. The van der Waals surface area contributed by atoms with Gasteiger partial charge in [0.1, 0.15) is 0 Å². The number of fused-ring (bicyclic) bond motifs is 1. The monoisotopic (exact) mass is 325 g/mol. The molecule has 3 heterocycles. The minimum absolute atomic E-state index is 0.268. The third-order valence-electron chi connectivity index (χ3n) is 3.38. The van der Waals surface area contributed by atoms with Gasteiger partial charge in [0.05, 0.1) is 6.21 Å². The Morgan fingerprint density at radius 1 is 1.46 bits per heavy atom. The molecule has 0 amide bonds. The van der Waals surface area contributed by atoms with E-state index in [1.54, 1.807) is 35.3 Å². The van der Waals surface area contributed by atoms with Gasteiger partial charge in [0.15, 0.2) is 11.2 Å². The topological polar surface area (TPSA) is 110 Å². The highest BCUT2D eigenvalue weighted by Gasteiger charge is 2.16. The van der Waals surface area contributed by atoms with Crippen LogP contribution in [0.4, 0.5) is 5.95 Å². The van der Waals surface area contributed by atoms with Gasteiger partial charge in [-0.15, -0.1) is 6.58 Å². The third kappa shape index (κ3) is 2.74. The van der Waals surface area contributed by atoms with Crippen LogP contribution in [0, 0.1) is 0 Å². The molecule has 3 aromatic rings. The molecule has 0 fully saturated rings. The van der Waals surface area contributed by atoms with Crippen LogP contribution in [0.25, 0.3) is 11.2 Å². The summed E-state index contributed by atoms with van der Waals surface area (Å²) < 4.78 is 2.87. The number of aromatic nitrogens is 5. The normalized spacial score (nSPS) is 11.2. The molecule has 0 aliphatic heterocycles. The predicted molar refractivity (Wildman–Crippen MR) is 91.2 cm³/mol. The molecule has 0 spiro atoms. The first-order chi connectivity index (χ1) is 11.6. The van der Waals surface area contributed by atoms with Gasteiger partial charge in [0.2, 0.25) is 5.95 Å². The zero-order chi connectivity index (χ0) is 17.1. The molecule has 0 aromatic carbocycles. The fourth-order valence-corrected chi connectivity index (χ4v) is 2.24. The summed E-state index contributed by atoms with van der Waals surface area (Å²) in [6.45, 7) is 4.01. The van der Waals surface area contributed by atoms with Gasteiger partial charge >= 0.3 is 5.69 Å². The number of aryl methyl sites for hydroxylation is 1. The lowest BCUT2D eigenvalue weighted by Gasteiger charge is -2.04. The second-order valence-corrected chi connectivity index (χ2v) is 4.98. The maximum absolute atomic E-state index is 12.1. The highest BCUT2D eigenvalue weighted by atomic mass is 16.2. The van der Waals surface area contributed by atoms with Crippen LogP contribution in [-0.4, -0.2) is 30.3 Å². The summed E-state index contributed by atoms with van der Waals surface area (Å²) in [4.78, 5) is 34.4. The average Bonchev–Trinajstić information content (AvgIpc) is 2.93. The van der Waals surface area contributed by atoms with E-state index in [1.165, 1.54) is 11.6 Å². The average molecular weight is 325 g/mol. The van der Waals surface area contributed by atoms with E-state index in [0.717, 1.165) is 5.56 Å². The van der Waals surface area contributed by atoms with Gasteiger partial charge in [-0.05, 0) is 6.07 Å². The van der Waals surface area contributed by atoms with Crippen molar-refractivity contribution in [1.29, 1.82) is 0 Å². The number of allylic oxidation sites excluding steroid dienone is 1. The van der Waals surface area contributed by atoms with Crippen molar-refractivity contribution < 1.29 is 0 Å². The van der Waals surface area contributed by atoms with Crippen molar-refractivity contribution in [1.82, 2.24) is 24.1 Å². The Morgan fingerprint density at radius 2 is 2.29 bits per heavy atom. The molecule has 0 saturated carbocycles. The van der Waals surface area contributed by atoms with E-state index < -0.39 is 11.2 Å². The van der Waals surface area contributed by atoms with Gasteiger partial charge in [-0.3, -0.25) is 23.9 Å². The summed E-state index contributed by atoms with van der Waals surface area (Å²) in [6, 6.07) is 3.64. The molecule has 122 valence electrons. The minimum Gasteiger partial charge on any atom is -0.299 e. The third-order valence-corrected chi connectivity index (χ3v) is 3.38. The standard InChI is InChI=1S/C15H15N7O2/c1-3-7-22-11-12(21(2)15(24)19-13(11)23)18-14(22)20-17-9-10-5-4-6-16-8-10/h3-6,8-9H,1,7H2,2H3,(H,18,20)(H,19,23,24)/b17-9-. The molecule has 0 atom stereocenters. The summed E-state index contributed by atoms with van der Waals surface area (Å²) >= 11 is 0. The van der Waals surface area contributed by atoms with Gasteiger partial charge < -0.3 is 0 Å². The lowest BCUT2D eigenvalue weighted by molar-refractivity contribution is 0.819. The number of imidazole rings is 1. The molecule has 0 aliphatic rings. The highest BCUT2D eigenvalue weighted by molar-refractivity contribution is 5.80. The van der Waals surface area contributed by atoms with Gasteiger partial charge in [0.25, 0.3) is 5.56 Å². The molecular weight excluding hydrogens is 310 g/mol. The molecule has 3 aromatic heterocycles. The molecule has 3 rings (SSSR count). The molecule has 2 N–H and O–H groups in total. The molecule has 9 nitrogen and oxygen atoms in total. The zero-order valence-electron chi connectivity index (χ0n) is 12.9. The van der Waals surface area contributed by atoms with Crippen molar-refractivity contribution in [2.75, 3.05) is 5.43 Å². The van der Waals surface area contributed by atoms with Crippen molar-refractivity contribution in [3.63, 3.8) is 0 Å². The van der Waals surface area contributed by atoms with Crippen molar-refractivity contribution >= 4 is 23.3 Å². The fourth-order valence-electron chi connectivity index (χ4n) is 2.24. The number of hydrogen-bond donors (Lipinski definition) is 2. The summed E-state index contributed by atoms with van der Waals surface area (Å²) in [7, 11) is 1.54. The minimum atomic E-state index is -0.527. The number of H-pyrrole nitrogens is 1. The maximum atomic E-state index is 12.1. The fraction of sp³-hybridized carbons (Fsp3) is 0.133. The number of hydrazone groups is 1. The molecule has 24 heavy (non-hydrogen) atoms. The number of rotatable bonds is 5. The number of anilines is 1. The van der Waals surface area contributed by atoms with Crippen molar-refractivity contribution in [3.05, 3.63) is 63.6 Å². The van der Waals surface area contributed by atoms with Gasteiger partial charge in [-0.25, -0.2) is 10.2 Å². The van der Waals surface area contributed by atoms with Crippen LogP contribution in [0.2, 0.25) is 0 Å². The van der Waals surface area contributed by atoms with Crippen molar-refractivity contribution in [3.8, 4) is 0 Å². The van der Waals surface area contributed by atoms with E-state index in [1.807, 2.05) is 6.07 Å². The number of nitrogens with one attached hydrogen (secondary N) is 2. The zero-order valence-corrected chi connectivity index (χ0v) is 12.9. The summed E-state index contributed by atoms with van der Waals surface area (Å²) in [5, 5.41) is 4.10. The summed E-state index contributed by atoms with van der Waals surface area (Å²) in [5.74, 6) is 0.330. The van der Waals surface area contributed by atoms with Crippen molar-refractivity contribution in [2.45, 2.75) is 6.54 Å². The maximum Gasteiger partial charge on any atom is 0.329 e. The van der Waals surface area contributed by atoms with Crippen LogP contribution < -0.4 is 16.7 Å². The molecule has 0 aliphatic carbocycles. The highest BCUT2D eigenvalue weighted by Crippen LogP contribution is 2.15. The Balaban J connectivity index is 2.05. The quantitative estimate of drug-likeness (QED) is 0.402. The Hall–Kier alpha value is -3.49. The molecule has 0 bridgehead atoms. The van der Waals surface area contributed by atoms with E-state index >= 15 is 0 Å². The van der Waals surface area contributed by atoms with E-state index in [4.69, 9.17) is 0 Å². The Morgan fingerprint density at radius 3 is 3.00 bits per heavy atom. The SMILES string of the molecule is C=CCn1c(N/N=C\c2cccnc2)nc2c1c(=O)[nH]c(=O)n2C. The van der Waals surface area contributed by atoms with Crippen LogP contribution in [0.5, 0.6) is 0 Å². The molecular formula is C15H15N7O2. The van der Waals surface area contributed by atoms with Crippen LogP contribution >= 0.6 is 0 Å². The lowest BCUT2D eigenvalue weighted by atomic mass is 10.3. The Kier molecular flexibility index (Phi) is 4.06. The first-order valence-corrected chi connectivity index (χ1v) is 7.11. The second-order valence-electron chi connectivity index (χ2n) is 4.98. The molecule has 0 saturated heterocycles. The number of pyridine rings is 1. The second kappa shape index (κ2) is 6.32. The van der Waals surface area contributed by atoms with Gasteiger partial charge in [-0.1, -0.05) is 12.1 Å². The number of hydrogen-bond acceptors (Lipinski definition) is 6. The summed E-state index contributed by atoms with van der Waals surface area (Å²) in [6.07, 6.45) is 6.53. The Bertz CT molecular complexity index is 1030. The first-order valence-electron chi connectivity index (χ1n) is 7.11. The number of aromatic amines is 1. The van der Waals surface area contributed by atoms with E-state index in [-0.39, 0.29) is 11.2 Å². The first kappa shape index (κ1) is 15.4. The predicted octanol–water partition coefficient (Wildman–Crippen LogP) is 0.450. The molecule has 9 heteroatoms. The van der Waals surface area contributed by atoms with Gasteiger partial charge in [0, 0.05) is 31.5 Å². The molecule has 0 radical (unpaired) electrons. The van der Waals surface area contributed by atoms with Crippen LogP contribution in [0.1, 0.15) is 5.56 Å². The largest absolute Gasteiger partial charge is 0.329 e. The van der Waals surface area contributed by atoms with Crippen LogP contribution in [0.3, 0.4) is 0 Å². The van der Waals surface area contributed by atoms with Crippen LogP contribution in [0.15, 0.2) is 51.9 Å². The molecule has 0 unspecified atom stereocenters. The smallest absolute Gasteiger partial charge is 0.299 e. The van der Waals surface area contributed by atoms with E-state index in [2.05, 4.69) is 32.1 Å². The van der Waals surface area contributed by atoms with Crippen molar-refractivity contribution in [2.24, 2.45) is 12.1 Å². The van der Waals surface area contributed by atoms with Gasteiger partial charge in [-0.2, -0.15) is 10.1 Å². The van der Waals surface area contributed by atoms with Crippen LogP contribution in [-0.2, 0) is 13.6 Å². The summed E-state index contributed by atoms with van der Waals surface area (Å²) in [5.41, 5.74) is 3.10.